The summed E-state index contributed by atoms with van der Waals surface area (Å²) in [7, 11) is 1.74. The number of anilines is 1. The fraction of sp³-hybridized carbons (Fsp3) is 0.467. The Morgan fingerprint density at radius 3 is 2.95 bits per heavy atom. The molecule has 2 N–H and O–H groups in total. The fourth-order valence-corrected chi connectivity index (χ4v) is 2.73. The zero-order valence-electron chi connectivity index (χ0n) is 12.7. The average molecular weight is 324 g/mol. The minimum absolute atomic E-state index is 0. The van der Waals surface area contributed by atoms with Gasteiger partial charge in [0.25, 0.3) is 0 Å². The highest BCUT2D eigenvalue weighted by atomic mass is 35.5. The summed E-state index contributed by atoms with van der Waals surface area (Å²) < 4.78 is 6.87. The second-order valence-electron chi connectivity index (χ2n) is 5.28. The van der Waals surface area contributed by atoms with E-state index >= 15 is 0 Å². The highest BCUT2D eigenvalue weighted by molar-refractivity contribution is 5.85. The second-order valence-corrected chi connectivity index (χ2v) is 5.28. The first kappa shape index (κ1) is 16.7. The summed E-state index contributed by atoms with van der Waals surface area (Å²) in [5.41, 5.74) is 8.52. The van der Waals surface area contributed by atoms with Crippen molar-refractivity contribution in [3.05, 3.63) is 35.7 Å². The molecule has 1 aliphatic rings. The van der Waals surface area contributed by atoms with Crippen LogP contribution in [0.25, 0.3) is 5.82 Å². The Hall–Kier alpha value is -1.63. The molecule has 6 nitrogen and oxygen atoms in total. The van der Waals surface area contributed by atoms with Gasteiger partial charge in [0, 0.05) is 51.5 Å². The molecular formula is C15H22ClN5O. The zero-order valence-corrected chi connectivity index (χ0v) is 13.6. The maximum absolute atomic E-state index is 6.28. The van der Waals surface area contributed by atoms with E-state index in [0.717, 1.165) is 56.2 Å². The van der Waals surface area contributed by atoms with Crippen molar-refractivity contribution in [3.8, 4) is 5.82 Å². The molecule has 22 heavy (non-hydrogen) atoms. The van der Waals surface area contributed by atoms with E-state index < -0.39 is 0 Å². The van der Waals surface area contributed by atoms with E-state index in [1.807, 2.05) is 18.2 Å². The van der Waals surface area contributed by atoms with Crippen molar-refractivity contribution in [2.24, 2.45) is 0 Å². The monoisotopic (exact) mass is 323 g/mol. The van der Waals surface area contributed by atoms with Gasteiger partial charge in [-0.2, -0.15) is 9.78 Å². The first-order valence-corrected chi connectivity index (χ1v) is 7.28. The molecule has 0 spiro atoms. The molecule has 0 aromatic carbocycles. The summed E-state index contributed by atoms with van der Waals surface area (Å²) >= 11 is 0. The minimum Gasteiger partial charge on any atom is -0.385 e. The lowest BCUT2D eigenvalue weighted by atomic mass is 10.1. The molecule has 7 heteroatoms. The van der Waals surface area contributed by atoms with E-state index in [2.05, 4.69) is 15.0 Å². The number of nitrogen functional groups attached to an aromatic ring is 1. The highest BCUT2D eigenvalue weighted by Crippen LogP contribution is 2.25. The zero-order chi connectivity index (χ0) is 14.7. The van der Waals surface area contributed by atoms with Gasteiger partial charge in [0.2, 0.25) is 0 Å². The molecule has 0 atom stereocenters. The van der Waals surface area contributed by atoms with Crippen LogP contribution in [0.4, 0.5) is 5.82 Å². The van der Waals surface area contributed by atoms with Gasteiger partial charge < -0.3 is 10.5 Å². The Balaban J connectivity index is 0.00000176. The summed E-state index contributed by atoms with van der Waals surface area (Å²) in [5.74, 6) is 1.48. The summed E-state index contributed by atoms with van der Waals surface area (Å²) in [5, 5.41) is 4.63. The lowest BCUT2D eigenvalue weighted by molar-refractivity contribution is 0.167. The van der Waals surface area contributed by atoms with Crippen molar-refractivity contribution < 1.29 is 4.74 Å². The van der Waals surface area contributed by atoms with E-state index in [1.165, 1.54) is 0 Å². The third-order valence-electron chi connectivity index (χ3n) is 3.84. The highest BCUT2D eigenvalue weighted by Gasteiger charge is 2.23. The standard InChI is InChI=1S/C15H21N5O.ClH/c1-21-10-4-8-19-9-6-13-12(11-19)15(16)20(18-13)14-5-2-3-7-17-14;/h2-3,5,7H,4,6,8-11,16H2,1H3;1H. The van der Waals surface area contributed by atoms with Crippen LogP contribution in [-0.2, 0) is 17.7 Å². The lowest BCUT2D eigenvalue weighted by Gasteiger charge is -2.26. The molecule has 3 heterocycles. The maximum Gasteiger partial charge on any atom is 0.155 e. The van der Waals surface area contributed by atoms with Gasteiger partial charge in [-0.1, -0.05) is 6.07 Å². The van der Waals surface area contributed by atoms with E-state index in [1.54, 1.807) is 18.0 Å². The number of ether oxygens (including phenoxy) is 1. The number of nitrogens with zero attached hydrogens (tertiary/aromatic N) is 4. The third-order valence-corrected chi connectivity index (χ3v) is 3.84. The number of aromatic nitrogens is 3. The Kier molecular flexibility index (Phi) is 5.76. The normalized spacial score (nSPS) is 14.4. The number of halogens is 1. The van der Waals surface area contributed by atoms with Crippen LogP contribution in [0.2, 0.25) is 0 Å². The maximum atomic E-state index is 6.28. The van der Waals surface area contributed by atoms with Gasteiger partial charge in [-0.25, -0.2) is 4.98 Å². The predicted molar refractivity (Wildman–Crippen MR) is 88.5 cm³/mol. The molecule has 0 unspecified atom stereocenters. The Bertz CT molecular complexity index is 601. The molecule has 0 saturated carbocycles. The molecule has 3 rings (SSSR count). The first-order valence-electron chi connectivity index (χ1n) is 7.28. The van der Waals surface area contributed by atoms with Crippen molar-refractivity contribution in [2.45, 2.75) is 19.4 Å². The molecule has 0 aliphatic carbocycles. The molecule has 2 aromatic heterocycles. The van der Waals surface area contributed by atoms with Crippen molar-refractivity contribution in [3.63, 3.8) is 0 Å². The third kappa shape index (κ3) is 3.40. The van der Waals surface area contributed by atoms with Crippen LogP contribution in [0.15, 0.2) is 24.4 Å². The molecule has 0 bridgehead atoms. The molecule has 0 fully saturated rings. The number of hydrogen-bond acceptors (Lipinski definition) is 5. The van der Waals surface area contributed by atoms with Gasteiger partial charge in [-0.3, -0.25) is 4.90 Å². The topological polar surface area (TPSA) is 69.2 Å². The largest absolute Gasteiger partial charge is 0.385 e. The van der Waals surface area contributed by atoms with Gasteiger partial charge >= 0.3 is 0 Å². The van der Waals surface area contributed by atoms with E-state index in [-0.39, 0.29) is 12.4 Å². The molecule has 120 valence electrons. The fourth-order valence-electron chi connectivity index (χ4n) is 2.73. The van der Waals surface area contributed by atoms with Gasteiger partial charge in [0.1, 0.15) is 5.82 Å². The molecule has 0 saturated heterocycles. The van der Waals surface area contributed by atoms with Crippen molar-refractivity contribution in [2.75, 3.05) is 32.5 Å². The van der Waals surface area contributed by atoms with E-state index in [9.17, 15) is 0 Å². The lowest BCUT2D eigenvalue weighted by Crippen LogP contribution is -2.31. The average Bonchev–Trinajstić information content (AvgIpc) is 2.85. The molecule has 2 aromatic rings. The van der Waals surface area contributed by atoms with Crippen LogP contribution >= 0.6 is 12.4 Å². The van der Waals surface area contributed by atoms with Crippen LogP contribution in [0.1, 0.15) is 17.7 Å². The Morgan fingerprint density at radius 2 is 2.23 bits per heavy atom. The summed E-state index contributed by atoms with van der Waals surface area (Å²) in [6.45, 7) is 3.71. The molecule has 1 aliphatic heterocycles. The summed E-state index contributed by atoms with van der Waals surface area (Å²) in [4.78, 5) is 6.73. The van der Waals surface area contributed by atoms with Gasteiger partial charge in [-0.05, 0) is 18.6 Å². The van der Waals surface area contributed by atoms with Crippen LogP contribution in [-0.4, -0.2) is 46.5 Å². The van der Waals surface area contributed by atoms with Crippen molar-refractivity contribution >= 4 is 18.2 Å². The molecular weight excluding hydrogens is 302 g/mol. The molecule has 0 amide bonds. The number of hydrogen-bond donors (Lipinski definition) is 1. The molecule has 0 radical (unpaired) electrons. The number of rotatable bonds is 5. The number of fused-ring (bicyclic) bond motifs is 1. The number of methoxy groups -OCH3 is 1. The Labute approximate surface area is 136 Å². The van der Waals surface area contributed by atoms with Gasteiger partial charge in [0.05, 0.1) is 5.69 Å². The van der Waals surface area contributed by atoms with Crippen molar-refractivity contribution in [1.82, 2.24) is 19.7 Å². The summed E-state index contributed by atoms with van der Waals surface area (Å²) in [6.07, 6.45) is 3.74. The van der Waals surface area contributed by atoms with Crippen LogP contribution in [0.5, 0.6) is 0 Å². The van der Waals surface area contributed by atoms with Crippen LogP contribution in [0.3, 0.4) is 0 Å². The van der Waals surface area contributed by atoms with Crippen molar-refractivity contribution in [1.29, 1.82) is 0 Å². The minimum atomic E-state index is 0. The first-order chi connectivity index (χ1) is 10.3. The predicted octanol–water partition coefficient (Wildman–Crippen LogP) is 1.67. The van der Waals surface area contributed by atoms with Gasteiger partial charge in [0.15, 0.2) is 5.82 Å². The summed E-state index contributed by atoms with van der Waals surface area (Å²) in [6, 6.07) is 5.76. The smallest absolute Gasteiger partial charge is 0.155 e. The number of pyridine rings is 1. The van der Waals surface area contributed by atoms with Gasteiger partial charge in [-0.15, -0.1) is 12.4 Å². The second kappa shape index (κ2) is 7.58. The quantitative estimate of drug-likeness (QED) is 0.848. The van der Waals surface area contributed by atoms with Crippen LogP contribution in [0, 0.1) is 0 Å². The van der Waals surface area contributed by atoms with E-state index in [0.29, 0.717) is 5.82 Å². The van der Waals surface area contributed by atoms with Crippen LogP contribution < -0.4 is 5.73 Å². The Morgan fingerprint density at radius 1 is 1.36 bits per heavy atom. The van der Waals surface area contributed by atoms with E-state index in [4.69, 9.17) is 10.5 Å². The number of nitrogens with two attached hydrogens (primary N) is 1. The SMILES string of the molecule is COCCCN1CCc2nn(-c3ccccn3)c(N)c2C1.Cl.